The molecule has 0 fully saturated rings. The molecule has 1 aromatic carbocycles. The molecule has 0 saturated carbocycles. The molecule has 15 heavy (non-hydrogen) atoms. The summed E-state index contributed by atoms with van der Waals surface area (Å²) in [7, 11) is -1.61. The maximum absolute atomic E-state index is 11.3. The summed E-state index contributed by atoms with van der Waals surface area (Å²) in [4.78, 5) is 0.284. The zero-order valence-corrected chi connectivity index (χ0v) is 9.62. The fourth-order valence-electron chi connectivity index (χ4n) is 1.25. The molecular weight excluding hydrogens is 214 g/mol. The summed E-state index contributed by atoms with van der Waals surface area (Å²) in [5.74, 6) is 0. The highest BCUT2D eigenvalue weighted by Gasteiger charge is 2.10. The first-order valence-electron chi connectivity index (χ1n) is 4.49. The van der Waals surface area contributed by atoms with Crippen molar-refractivity contribution >= 4 is 9.84 Å². The Bertz CT molecular complexity index is 428. The van der Waals surface area contributed by atoms with Crippen molar-refractivity contribution in [1.82, 2.24) is 0 Å². The standard InChI is InChI=1S/C10H15NO3S/c1-14-7-10(11)8-4-3-5-9(6-8)15(2,12)13/h3-6,10H,7,11H2,1-2H3. The lowest BCUT2D eigenvalue weighted by atomic mass is 10.1. The normalized spacial score (nSPS) is 13.8. The average Bonchev–Trinajstić information content (AvgIpc) is 2.17. The van der Waals surface area contributed by atoms with Gasteiger partial charge in [0.05, 0.1) is 17.5 Å². The molecule has 2 N–H and O–H groups in total. The third kappa shape index (κ3) is 3.30. The second kappa shape index (κ2) is 4.74. The van der Waals surface area contributed by atoms with Crippen molar-refractivity contribution in [1.29, 1.82) is 0 Å². The summed E-state index contributed by atoms with van der Waals surface area (Å²) in [6.45, 7) is 0.368. The molecule has 84 valence electrons. The Kier molecular flexibility index (Phi) is 3.84. The highest BCUT2D eigenvalue weighted by atomic mass is 32.2. The van der Waals surface area contributed by atoms with Crippen LogP contribution in [-0.4, -0.2) is 28.4 Å². The Morgan fingerprint density at radius 2 is 2.13 bits per heavy atom. The molecular formula is C10H15NO3S. The zero-order chi connectivity index (χ0) is 11.5. The molecule has 0 aliphatic heterocycles. The molecule has 0 amide bonds. The van der Waals surface area contributed by atoms with E-state index < -0.39 is 9.84 Å². The van der Waals surface area contributed by atoms with Crippen LogP contribution < -0.4 is 5.73 Å². The van der Waals surface area contributed by atoms with Gasteiger partial charge < -0.3 is 10.5 Å². The molecule has 1 atom stereocenters. The van der Waals surface area contributed by atoms with E-state index in [1.165, 1.54) is 6.26 Å². The number of hydrogen-bond acceptors (Lipinski definition) is 4. The average molecular weight is 229 g/mol. The smallest absolute Gasteiger partial charge is 0.175 e. The third-order valence-corrected chi connectivity index (χ3v) is 3.17. The van der Waals surface area contributed by atoms with Gasteiger partial charge in [0.15, 0.2) is 9.84 Å². The lowest BCUT2D eigenvalue weighted by molar-refractivity contribution is 0.181. The highest BCUT2D eigenvalue weighted by Crippen LogP contribution is 2.16. The van der Waals surface area contributed by atoms with Gasteiger partial charge in [-0.25, -0.2) is 8.42 Å². The van der Waals surface area contributed by atoms with Gasteiger partial charge in [0.1, 0.15) is 0 Å². The van der Waals surface area contributed by atoms with Crippen molar-refractivity contribution < 1.29 is 13.2 Å². The second-order valence-corrected chi connectivity index (χ2v) is 5.42. The SMILES string of the molecule is COCC(N)c1cccc(S(C)(=O)=O)c1. The van der Waals surface area contributed by atoms with E-state index in [0.717, 1.165) is 5.56 Å². The molecule has 1 aromatic rings. The summed E-state index contributed by atoms with van der Waals surface area (Å²) in [5.41, 5.74) is 6.56. The number of methoxy groups -OCH3 is 1. The molecule has 0 aromatic heterocycles. The fraction of sp³-hybridized carbons (Fsp3) is 0.400. The van der Waals surface area contributed by atoms with Gasteiger partial charge in [0.2, 0.25) is 0 Å². The molecule has 0 bridgehead atoms. The monoisotopic (exact) mass is 229 g/mol. The van der Waals surface area contributed by atoms with Crippen molar-refractivity contribution in [3.63, 3.8) is 0 Å². The Morgan fingerprint density at radius 1 is 1.47 bits per heavy atom. The predicted molar refractivity (Wildman–Crippen MR) is 58.4 cm³/mol. The summed E-state index contributed by atoms with van der Waals surface area (Å²) < 4.78 is 27.5. The Balaban J connectivity index is 3.03. The van der Waals surface area contributed by atoms with Crippen LogP contribution in [0.3, 0.4) is 0 Å². The van der Waals surface area contributed by atoms with Gasteiger partial charge in [-0.1, -0.05) is 12.1 Å². The minimum absolute atomic E-state index is 0.284. The van der Waals surface area contributed by atoms with E-state index in [0.29, 0.717) is 6.61 Å². The molecule has 0 aliphatic carbocycles. The van der Waals surface area contributed by atoms with Gasteiger partial charge in [-0.2, -0.15) is 0 Å². The van der Waals surface area contributed by atoms with E-state index in [4.69, 9.17) is 10.5 Å². The topological polar surface area (TPSA) is 69.4 Å². The van der Waals surface area contributed by atoms with Crippen molar-refractivity contribution in [3.05, 3.63) is 29.8 Å². The Hall–Kier alpha value is -0.910. The maximum atomic E-state index is 11.3. The van der Waals surface area contributed by atoms with Gasteiger partial charge >= 0.3 is 0 Å². The first-order chi connectivity index (χ1) is 6.95. The van der Waals surface area contributed by atoms with Crippen molar-refractivity contribution in [2.24, 2.45) is 5.73 Å². The van der Waals surface area contributed by atoms with Crippen LogP contribution in [0.25, 0.3) is 0 Å². The molecule has 0 saturated heterocycles. The van der Waals surface area contributed by atoms with E-state index in [9.17, 15) is 8.42 Å². The quantitative estimate of drug-likeness (QED) is 0.826. The van der Waals surface area contributed by atoms with E-state index in [2.05, 4.69) is 0 Å². The van der Waals surface area contributed by atoms with E-state index in [1.54, 1.807) is 31.4 Å². The van der Waals surface area contributed by atoms with Crippen LogP contribution in [0.5, 0.6) is 0 Å². The number of hydrogen-bond donors (Lipinski definition) is 1. The van der Waals surface area contributed by atoms with Crippen LogP contribution >= 0.6 is 0 Å². The number of ether oxygens (including phenoxy) is 1. The number of benzene rings is 1. The van der Waals surface area contributed by atoms with E-state index >= 15 is 0 Å². The van der Waals surface area contributed by atoms with Crippen LogP contribution in [0.2, 0.25) is 0 Å². The zero-order valence-electron chi connectivity index (χ0n) is 8.80. The van der Waals surface area contributed by atoms with Crippen molar-refractivity contribution in [2.75, 3.05) is 20.0 Å². The first-order valence-corrected chi connectivity index (χ1v) is 6.39. The molecule has 0 radical (unpaired) electrons. The lowest BCUT2D eigenvalue weighted by Crippen LogP contribution is -2.16. The Morgan fingerprint density at radius 3 is 2.67 bits per heavy atom. The maximum Gasteiger partial charge on any atom is 0.175 e. The third-order valence-electron chi connectivity index (χ3n) is 2.06. The van der Waals surface area contributed by atoms with Crippen LogP contribution in [0.4, 0.5) is 0 Å². The molecule has 0 heterocycles. The molecule has 0 aliphatic rings. The van der Waals surface area contributed by atoms with Crippen molar-refractivity contribution in [3.8, 4) is 0 Å². The molecule has 5 heteroatoms. The number of rotatable bonds is 4. The fourth-order valence-corrected chi connectivity index (χ4v) is 1.93. The highest BCUT2D eigenvalue weighted by molar-refractivity contribution is 7.90. The van der Waals surface area contributed by atoms with Crippen LogP contribution in [0, 0.1) is 0 Å². The minimum Gasteiger partial charge on any atom is -0.383 e. The van der Waals surface area contributed by atoms with Gasteiger partial charge in [0, 0.05) is 13.4 Å². The molecule has 0 spiro atoms. The van der Waals surface area contributed by atoms with Gasteiger partial charge in [-0.05, 0) is 17.7 Å². The Labute approximate surface area is 90.0 Å². The summed E-state index contributed by atoms with van der Waals surface area (Å²) in [6.07, 6.45) is 1.17. The van der Waals surface area contributed by atoms with Crippen LogP contribution in [0.15, 0.2) is 29.2 Å². The van der Waals surface area contributed by atoms with E-state index in [-0.39, 0.29) is 10.9 Å². The predicted octanol–water partition coefficient (Wildman–Crippen LogP) is 0.736. The molecule has 1 unspecified atom stereocenters. The lowest BCUT2D eigenvalue weighted by Gasteiger charge is -2.11. The molecule has 1 rings (SSSR count). The number of sulfone groups is 1. The summed E-state index contributed by atoms with van der Waals surface area (Å²) in [5, 5.41) is 0. The molecule has 4 nitrogen and oxygen atoms in total. The second-order valence-electron chi connectivity index (χ2n) is 3.41. The van der Waals surface area contributed by atoms with Gasteiger partial charge in [-0.3, -0.25) is 0 Å². The van der Waals surface area contributed by atoms with Crippen molar-refractivity contribution in [2.45, 2.75) is 10.9 Å². The van der Waals surface area contributed by atoms with E-state index in [1.807, 2.05) is 0 Å². The van der Waals surface area contributed by atoms with Gasteiger partial charge in [0.25, 0.3) is 0 Å². The summed E-state index contributed by atoms with van der Waals surface area (Å²) >= 11 is 0. The summed E-state index contributed by atoms with van der Waals surface area (Å²) in [6, 6.07) is 6.31. The number of nitrogens with two attached hydrogens (primary N) is 1. The first kappa shape index (κ1) is 12.2. The largest absolute Gasteiger partial charge is 0.383 e. The van der Waals surface area contributed by atoms with Crippen LogP contribution in [0.1, 0.15) is 11.6 Å². The minimum atomic E-state index is -3.17. The van der Waals surface area contributed by atoms with Crippen LogP contribution in [-0.2, 0) is 14.6 Å². The van der Waals surface area contributed by atoms with Gasteiger partial charge in [-0.15, -0.1) is 0 Å².